The number of hydrogen-bond donors (Lipinski definition) is 1. The summed E-state index contributed by atoms with van der Waals surface area (Å²) >= 11 is 4.63. The van der Waals surface area contributed by atoms with Crippen LogP contribution in [0.4, 0.5) is 5.13 Å². The number of carbonyl (C=O) groups excluding carboxylic acids is 1. The maximum atomic E-state index is 11.6. The van der Waals surface area contributed by atoms with E-state index in [2.05, 4.69) is 31.3 Å². The Morgan fingerprint density at radius 1 is 1.60 bits per heavy atom. The number of aryl methyl sites for hydroxylation is 1. The van der Waals surface area contributed by atoms with Crippen LogP contribution in [0.15, 0.2) is 22.4 Å². The molecule has 0 bridgehead atoms. The van der Waals surface area contributed by atoms with E-state index in [1.807, 2.05) is 0 Å². The van der Waals surface area contributed by atoms with Gasteiger partial charge in [0.05, 0.1) is 21.7 Å². The van der Waals surface area contributed by atoms with Gasteiger partial charge < -0.3 is 0 Å². The highest BCUT2D eigenvalue weighted by Crippen LogP contribution is 2.23. The van der Waals surface area contributed by atoms with Crippen LogP contribution in [-0.2, 0) is 7.05 Å². The van der Waals surface area contributed by atoms with E-state index in [4.69, 9.17) is 0 Å². The van der Waals surface area contributed by atoms with Crippen molar-refractivity contribution in [3.05, 3.63) is 27.9 Å². The molecule has 0 radical (unpaired) electrons. The Balaban J connectivity index is 2.10. The lowest BCUT2D eigenvalue weighted by Crippen LogP contribution is -2.10. The minimum atomic E-state index is -0.204. The summed E-state index contributed by atoms with van der Waals surface area (Å²) in [5, 5.41) is 7.16. The van der Waals surface area contributed by atoms with Crippen LogP contribution >= 0.6 is 27.3 Å². The molecule has 0 aromatic carbocycles. The van der Waals surface area contributed by atoms with Crippen molar-refractivity contribution in [2.24, 2.45) is 7.05 Å². The predicted octanol–water partition coefficient (Wildman–Crippen LogP) is 1.89. The number of hydrogen-bond acceptors (Lipinski definition) is 4. The van der Waals surface area contributed by atoms with Gasteiger partial charge in [-0.2, -0.15) is 5.10 Å². The minimum Gasteiger partial charge on any atom is -0.298 e. The highest BCUT2D eigenvalue weighted by atomic mass is 79.9. The summed E-state index contributed by atoms with van der Waals surface area (Å²) in [7, 11) is 1.76. The molecule has 1 amide bonds. The van der Waals surface area contributed by atoms with Crippen LogP contribution in [0.1, 0.15) is 10.4 Å². The fourth-order valence-corrected chi connectivity index (χ4v) is 2.12. The fraction of sp³-hybridized carbons (Fsp3) is 0.125. The average molecular weight is 287 g/mol. The number of thiazole rings is 1. The van der Waals surface area contributed by atoms with Crippen LogP contribution < -0.4 is 5.32 Å². The molecule has 2 aromatic heterocycles. The number of amides is 1. The smallest absolute Gasteiger partial charge is 0.260 e. The molecule has 0 fully saturated rings. The molecule has 5 nitrogen and oxygen atoms in total. The highest BCUT2D eigenvalue weighted by molar-refractivity contribution is 9.11. The first-order chi connectivity index (χ1) is 7.15. The van der Waals surface area contributed by atoms with Crippen molar-refractivity contribution in [2.75, 3.05) is 5.32 Å². The summed E-state index contributed by atoms with van der Waals surface area (Å²) in [6, 6.07) is 0. The van der Waals surface area contributed by atoms with E-state index < -0.39 is 0 Å². The molecule has 2 aromatic rings. The van der Waals surface area contributed by atoms with Crippen LogP contribution in [0.3, 0.4) is 0 Å². The van der Waals surface area contributed by atoms with E-state index in [9.17, 15) is 4.79 Å². The second-order valence-electron chi connectivity index (χ2n) is 2.83. The molecule has 0 aliphatic heterocycles. The molecule has 2 rings (SSSR count). The Kier molecular flexibility index (Phi) is 2.83. The van der Waals surface area contributed by atoms with Gasteiger partial charge in [0, 0.05) is 13.2 Å². The third kappa shape index (κ3) is 2.42. The van der Waals surface area contributed by atoms with Crippen molar-refractivity contribution >= 4 is 38.3 Å². The maximum Gasteiger partial charge on any atom is 0.260 e. The van der Waals surface area contributed by atoms with E-state index >= 15 is 0 Å². The Morgan fingerprint density at radius 2 is 2.40 bits per heavy atom. The van der Waals surface area contributed by atoms with Gasteiger partial charge in [0.2, 0.25) is 0 Å². The van der Waals surface area contributed by atoms with Crippen LogP contribution in [0.2, 0.25) is 0 Å². The van der Waals surface area contributed by atoms with E-state index in [0.717, 1.165) is 3.79 Å². The first kappa shape index (κ1) is 10.3. The summed E-state index contributed by atoms with van der Waals surface area (Å²) < 4.78 is 2.45. The lowest BCUT2D eigenvalue weighted by Gasteiger charge is -1.96. The molecule has 0 saturated heterocycles. The van der Waals surface area contributed by atoms with Gasteiger partial charge in [-0.25, -0.2) is 4.98 Å². The van der Waals surface area contributed by atoms with E-state index in [0.29, 0.717) is 10.7 Å². The van der Waals surface area contributed by atoms with E-state index in [1.165, 1.54) is 17.5 Å². The number of halogens is 1. The van der Waals surface area contributed by atoms with E-state index in [1.54, 1.807) is 24.1 Å². The van der Waals surface area contributed by atoms with Gasteiger partial charge in [0.15, 0.2) is 5.13 Å². The third-order valence-corrected chi connectivity index (χ3v) is 3.06. The minimum absolute atomic E-state index is 0.204. The molecule has 15 heavy (non-hydrogen) atoms. The van der Waals surface area contributed by atoms with Crippen molar-refractivity contribution < 1.29 is 4.79 Å². The summed E-state index contributed by atoms with van der Waals surface area (Å²) in [4.78, 5) is 15.6. The summed E-state index contributed by atoms with van der Waals surface area (Å²) in [5.74, 6) is -0.204. The third-order valence-electron chi connectivity index (χ3n) is 1.67. The molecule has 0 aliphatic carbocycles. The first-order valence-corrected chi connectivity index (χ1v) is 5.67. The van der Waals surface area contributed by atoms with Crippen molar-refractivity contribution in [1.29, 1.82) is 0 Å². The van der Waals surface area contributed by atoms with Gasteiger partial charge in [-0.15, -0.1) is 0 Å². The zero-order valence-corrected chi connectivity index (χ0v) is 10.2. The van der Waals surface area contributed by atoms with Gasteiger partial charge in [-0.05, 0) is 15.9 Å². The van der Waals surface area contributed by atoms with Gasteiger partial charge in [-0.3, -0.25) is 14.8 Å². The zero-order chi connectivity index (χ0) is 10.8. The molecule has 0 saturated carbocycles. The van der Waals surface area contributed by atoms with Crippen LogP contribution in [0, 0.1) is 0 Å². The fourth-order valence-electron chi connectivity index (χ4n) is 1.02. The van der Waals surface area contributed by atoms with Crippen LogP contribution in [0.25, 0.3) is 0 Å². The van der Waals surface area contributed by atoms with Crippen molar-refractivity contribution in [3.63, 3.8) is 0 Å². The summed E-state index contributed by atoms with van der Waals surface area (Å²) in [5.41, 5.74) is 0.517. The molecule has 1 N–H and O–H groups in total. The quantitative estimate of drug-likeness (QED) is 0.917. The Hall–Kier alpha value is -1.21. The Morgan fingerprint density at radius 3 is 2.93 bits per heavy atom. The normalized spacial score (nSPS) is 10.3. The topological polar surface area (TPSA) is 59.8 Å². The second kappa shape index (κ2) is 4.11. The molecule has 2 heterocycles. The Labute approximate surface area is 98.3 Å². The largest absolute Gasteiger partial charge is 0.298 e. The summed E-state index contributed by atoms with van der Waals surface area (Å²) in [6.45, 7) is 0. The maximum absolute atomic E-state index is 11.6. The average Bonchev–Trinajstić information content (AvgIpc) is 2.75. The second-order valence-corrected chi connectivity index (χ2v) is 5.24. The van der Waals surface area contributed by atoms with Crippen LogP contribution in [-0.4, -0.2) is 20.7 Å². The number of nitrogens with zero attached hydrogens (tertiary/aromatic N) is 3. The highest BCUT2D eigenvalue weighted by Gasteiger charge is 2.09. The molecule has 7 heteroatoms. The van der Waals surface area contributed by atoms with Crippen molar-refractivity contribution in [2.45, 2.75) is 0 Å². The number of carbonyl (C=O) groups is 1. The number of nitrogens with one attached hydrogen (secondary N) is 1. The number of rotatable bonds is 2. The number of aromatic nitrogens is 3. The van der Waals surface area contributed by atoms with Crippen molar-refractivity contribution in [1.82, 2.24) is 14.8 Å². The summed E-state index contributed by atoms with van der Waals surface area (Å²) in [6.07, 6.45) is 4.81. The van der Waals surface area contributed by atoms with Gasteiger partial charge in [-0.1, -0.05) is 11.3 Å². The lowest BCUT2D eigenvalue weighted by atomic mass is 10.3. The molecular formula is C8H7BrN4OS. The molecule has 0 unspecified atom stereocenters. The standard InChI is InChI=1S/C8H7BrN4OS/c1-13-4-5(2-11-13)7(14)12-8-10-3-6(9)15-8/h2-4H,1H3,(H,10,12,14). The SMILES string of the molecule is Cn1cc(C(=O)Nc2ncc(Br)s2)cn1. The molecule has 0 spiro atoms. The molecule has 0 aliphatic rings. The van der Waals surface area contributed by atoms with Gasteiger partial charge >= 0.3 is 0 Å². The Bertz CT molecular complexity index is 492. The monoisotopic (exact) mass is 286 g/mol. The van der Waals surface area contributed by atoms with E-state index in [-0.39, 0.29) is 5.91 Å². The predicted molar refractivity (Wildman–Crippen MR) is 61.0 cm³/mol. The number of anilines is 1. The molecule has 78 valence electrons. The molecule has 0 atom stereocenters. The molecular weight excluding hydrogens is 280 g/mol. The van der Waals surface area contributed by atoms with Gasteiger partial charge in [0.25, 0.3) is 5.91 Å². The van der Waals surface area contributed by atoms with Gasteiger partial charge in [0.1, 0.15) is 0 Å². The first-order valence-electron chi connectivity index (χ1n) is 4.06. The zero-order valence-electron chi connectivity index (χ0n) is 7.77. The van der Waals surface area contributed by atoms with Crippen LogP contribution in [0.5, 0.6) is 0 Å². The van der Waals surface area contributed by atoms with Crippen molar-refractivity contribution in [3.8, 4) is 0 Å². The lowest BCUT2D eigenvalue weighted by molar-refractivity contribution is 0.102.